The van der Waals surface area contributed by atoms with E-state index in [4.69, 9.17) is 15.1 Å². The van der Waals surface area contributed by atoms with E-state index in [1.54, 1.807) is 12.5 Å². The summed E-state index contributed by atoms with van der Waals surface area (Å²) in [5, 5.41) is 0. The molecule has 0 atom stereocenters. The summed E-state index contributed by atoms with van der Waals surface area (Å²) in [5.41, 5.74) is 11.2. The van der Waals surface area contributed by atoms with Gasteiger partial charge in [0.1, 0.15) is 5.65 Å². The second kappa shape index (κ2) is 8.86. The fourth-order valence-electron chi connectivity index (χ4n) is 3.39. The summed E-state index contributed by atoms with van der Waals surface area (Å²) in [7, 11) is 0. The average molecular weight is 339 g/mol. The average Bonchev–Trinajstić information content (AvgIpc) is 3.24. The van der Waals surface area contributed by atoms with Crippen LogP contribution >= 0.6 is 0 Å². The lowest BCUT2D eigenvalue weighted by Crippen LogP contribution is -1.97. The number of imidazole rings is 1. The maximum atomic E-state index is 5.54. The molecule has 4 nitrogen and oxygen atoms in total. The smallest absolute Gasteiger partial charge is 0.137 e. The van der Waals surface area contributed by atoms with Gasteiger partial charge in [0.2, 0.25) is 0 Å². The van der Waals surface area contributed by atoms with Gasteiger partial charge in [-0.1, -0.05) is 32.1 Å². The van der Waals surface area contributed by atoms with E-state index < -0.39 is 0 Å². The highest BCUT2D eigenvalue weighted by Gasteiger charge is 2.14. The van der Waals surface area contributed by atoms with Crippen LogP contribution in [0.2, 0.25) is 0 Å². The third-order valence-electron chi connectivity index (χ3n) is 4.79. The normalized spacial score (nSPS) is 11.4. The molecular formula is C21H29N3O. The number of furan rings is 1. The molecule has 3 heterocycles. The minimum atomic E-state index is 0.824. The maximum absolute atomic E-state index is 5.54. The molecule has 2 N–H and O–H groups in total. The monoisotopic (exact) mass is 339 g/mol. The van der Waals surface area contributed by atoms with Gasteiger partial charge in [0.05, 0.1) is 23.9 Å². The van der Waals surface area contributed by atoms with Gasteiger partial charge in [-0.3, -0.25) is 0 Å². The van der Waals surface area contributed by atoms with Crippen molar-refractivity contribution in [2.45, 2.75) is 58.3 Å². The van der Waals surface area contributed by atoms with Crippen molar-refractivity contribution in [1.29, 1.82) is 0 Å². The number of fused-ring (bicyclic) bond motifs is 1. The highest BCUT2D eigenvalue weighted by atomic mass is 16.3. The van der Waals surface area contributed by atoms with Crippen molar-refractivity contribution in [2.75, 3.05) is 6.54 Å². The molecule has 0 unspecified atom stereocenters. The molecule has 134 valence electrons. The molecule has 3 rings (SSSR count). The number of unbranched alkanes of at least 4 members (excludes halogenated alkanes) is 6. The van der Waals surface area contributed by atoms with E-state index in [1.165, 1.54) is 49.8 Å². The van der Waals surface area contributed by atoms with Gasteiger partial charge >= 0.3 is 0 Å². The van der Waals surface area contributed by atoms with Gasteiger partial charge in [0.15, 0.2) is 0 Å². The van der Waals surface area contributed by atoms with E-state index in [1.807, 2.05) is 6.07 Å². The van der Waals surface area contributed by atoms with E-state index in [9.17, 15) is 0 Å². The Morgan fingerprint density at radius 3 is 2.52 bits per heavy atom. The second-order valence-corrected chi connectivity index (χ2v) is 6.86. The highest BCUT2D eigenvalue weighted by Crippen LogP contribution is 2.27. The van der Waals surface area contributed by atoms with Crippen LogP contribution < -0.4 is 5.73 Å². The van der Waals surface area contributed by atoms with Crippen molar-refractivity contribution >= 4 is 5.65 Å². The number of aryl methyl sites for hydroxylation is 2. The Kier molecular flexibility index (Phi) is 6.29. The highest BCUT2D eigenvalue weighted by molar-refractivity contribution is 5.65. The minimum absolute atomic E-state index is 0.824. The number of rotatable bonds is 10. The molecule has 0 fully saturated rings. The maximum Gasteiger partial charge on any atom is 0.137 e. The summed E-state index contributed by atoms with van der Waals surface area (Å²) in [6.45, 7) is 2.93. The van der Waals surface area contributed by atoms with Crippen LogP contribution in [0.1, 0.15) is 56.2 Å². The lowest BCUT2D eigenvalue weighted by atomic mass is 10.1. The van der Waals surface area contributed by atoms with Crippen molar-refractivity contribution in [1.82, 2.24) is 9.38 Å². The standard InChI is InChI=1S/C21H29N3O/c1-17-10-13-24-19(9-7-5-3-2-4-6-8-12-22)21(23-20(24)15-17)18-11-14-25-16-18/h10-11,13-16H,2-9,12,22H2,1H3. The van der Waals surface area contributed by atoms with Gasteiger partial charge in [-0.25, -0.2) is 4.98 Å². The number of nitrogens with two attached hydrogens (primary N) is 1. The molecule has 0 saturated carbocycles. The fraction of sp³-hybridized carbons (Fsp3) is 0.476. The van der Waals surface area contributed by atoms with Crippen LogP contribution in [-0.4, -0.2) is 15.9 Å². The number of hydrogen-bond acceptors (Lipinski definition) is 3. The van der Waals surface area contributed by atoms with Crippen molar-refractivity contribution in [2.24, 2.45) is 5.73 Å². The zero-order valence-electron chi connectivity index (χ0n) is 15.2. The lowest BCUT2D eigenvalue weighted by molar-refractivity contribution is 0.568. The van der Waals surface area contributed by atoms with Gasteiger partial charge in [-0.2, -0.15) is 0 Å². The van der Waals surface area contributed by atoms with Crippen molar-refractivity contribution in [3.05, 3.63) is 48.2 Å². The third-order valence-corrected chi connectivity index (χ3v) is 4.79. The molecular weight excluding hydrogens is 310 g/mol. The van der Waals surface area contributed by atoms with Crippen molar-refractivity contribution < 1.29 is 4.42 Å². The molecule has 0 aliphatic heterocycles. The Morgan fingerprint density at radius 1 is 1.04 bits per heavy atom. The number of nitrogens with zero attached hydrogens (tertiary/aromatic N) is 2. The summed E-state index contributed by atoms with van der Waals surface area (Å²) < 4.78 is 7.51. The molecule has 4 heteroatoms. The van der Waals surface area contributed by atoms with E-state index in [0.717, 1.165) is 36.3 Å². The quantitative estimate of drug-likeness (QED) is 0.521. The van der Waals surface area contributed by atoms with Crippen molar-refractivity contribution in [3.63, 3.8) is 0 Å². The molecule has 0 aromatic carbocycles. The number of aromatic nitrogens is 2. The number of hydrogen-bond donors (Lipinski definition) is 1. The predicted octanol–water partition coefficient (Wildman–Crippen LogP) is 5.13. The summed E-state index contributed by atoms with van der Waals surface area (Å²) in [6.07, 6.45) is 15.5. The zero-order valence-corrected chi connectivity index (χ0v) is 15.2. The van der Waals surface area contributed by atoms with Crippen LogP contribution in [-0.2, 0) is 6.42 Å². The Morgan fingerprint density at radius 2 is 1.80 bits per heavy atom. The van der Waals surface area contributed by atoms with Gasteiger partial charge < -0.3 is 14.6 Å². The van der Waals surface area contributed by atoms with Crippen LogP contribution in [0.25, 0.3) is 16.9 Å². The molecule has 0 aliphatic carbocycles. The summed E-state index contributed by atoms with van der Waals surface area (Å²) >= 11 is 0. The first-order valence-electron chi connectivity index (χ1n) is 9.50. The van der Waals surface area contributed by atoms with Crippen LogP contribution in [0.4, 0.5) is 0 Å². The zero-order chi connectivity index (χ0) is 17.5. The molecule has 0 amide bonds. The van der Waals surface area contributed by atoms with E-state index in [-0.39, 0.29) is 0 Å². The SMILES string of the molecule is Cc1ccn2c(CCCCCCCCCN)c(-c3ccoc3)nc2c1. The minimum Gasteiger partial charge on any atom is -0.472 e. The number of pyridine rings is 1. The lowest BCUT2D eigenvalue weighted by Gasteiger charge is -2.05. The second-order valence-electron chi connectivity index (χ2n) is 6.86. The van der Waals surface area contributed by atoms with Crippen LogP contribution in [0.5, 0.6) is 0 Å². The molecule has 0 radical (unpaired) electrons. The Bertz CT molecular complexity index is 774. The molecule has 3 aromatic heterocycles. The summed E-state index contributed by atoms with van der Waals surface area (Å²) in [4.78, 5) is 4.86. The molecule has 0 bridgehead atoms. The third kappa shape index (κ3) is 4.51. The Hall–Kier alpha value is -2.07. The van der Waals surface area contributed by atoms with E-state index >= 15 is 0 Å². The fourth-order valence-corrected chi connectivity index (χ4v) is 3.39. The molecule has 0 aliphatic rings. The van der Waals surface area contributed by atoms with Crippen LogP contribution in [0.3, 0.4) is 0 Å². The first-order chi connectivity index (χ1) is 12.3. The summed E-state index contributed by atoms with van der Waals surface area (Å²) in [5.74, 6) is 0. The van der Waals surface area contributed by atoms with E-state index in [2.05, 4.69) is 29.7 Å². The van der Waals surface area contributed by atoms with Gasteiger partial charge in [-0.05, 0) is 56.5 Å². The van der Waals surface area contributed by atoms with Crippen molar-refractivity contribution in [3.8, 4) is 11.3 Å². The van der Waals surface area contributed by atoms with Crippen LogP contribution in [0, 0.1) is 6.92 Å². The first kappa shape index (κ1) is 17.7. The van der Waals surface area contributed by atoms with Gasteiger partial charge in [0, 0.05) is 11.8 Å². The molecule has 0 spiro atoms. The van der Waals surface area contributed by atoms with Gasteiger partial charge in [0.25, 0.3) is 0 Å². The summed E-state index contributed by atoms with van der Waals surface area (Å²) in [6, 6.07) is 6.29. The predicted molar refractivity (Wildman–Crippen MR) is 103 cm³/mol. The molecule has 3 aromatic rings. The van der Waals surface area contributed by atoms with E-state index in [0.29, 0.717) is 0 Å². The Balaban J connectivity index is 1.64. The molecule has 0 saturated heterocycles. The Labute approximate surface area is 150 Å². The van der Waals surface area contributed by atoms with Gasteiger partial charge in [-0.15, -0.1) is 0 Å². The topological polar surface area (TPSA) is 56.5 Å². The first-order valence-corrected chi connectivity index (χ1v) is 9.50. The largest absolute Gasteiger partial charge is 0.472 e. The van der Waals surface area contributed by atoms with Crippen LogP contribution in [0.15, 0.2) is 41.3 Å². The molecule has 25 heavy (non-hydrogen) atoms.